The number of nitrogens with zero attached hydrogens (tertiary/aromatic N) is 2. The lowest BCUT2D eigenvalue weighted by Crippen LogP contribution is -2.87. The van der Waals surface area contributed by atoms with E-state index in [0.717, 1.165) is 35.5 Å². The summed E-state index contributed by atoms with van der Waals surface area (Å²) in [5.41, 5.74) is 24.8. The Morgan fingerprint density at radius 3 is 2.14 bits per heavy atom. The molecule has 8 fully saturated rings. The molecule has 3 heteroatoms. The molecule has 19 rings (SSSR count). The van der Waals surface area contributed by atoms with Crippen LogP contribution in [0.4, 0.5) is 11.4 Å². The number of anilines is 2. The van der Waals surface area contributed by atoms with Crippen molar-refractivity contribution in [1.29, 1.82) is 0 Å². The van der Waals surface area contributed by atoms with Gasteiger partial charge in [-0.3, -0.25) is 0 Å². The van der Waals surface area contributed by atoms with Crippen molar-refractivity contribution in [3.8, 4) is 22.3 Å². The summed E-state index contributed by atoms with van der Waals surface area (Å²) in [6, 6.07) is 47.6. The summed E-state index contributed by atoms with van der Waals surface area (Å²) in [4.78, 5) is 2.88. The molecule has 0 N–H and O–H groups in total. The van der Waals surface area contributed by atoms with Crippen LogP contribution in [0.1, 0.15) is 111 Å². The molecular formula is C60H51BN2. The normalized spacial score (nSPS) is 39.7. The van der Waals surface area contributed by atoms with Crippen LogP contribution in [-0.2, 0) is 16.2 Å². The number of para-hydroxylation sites is 1. The van der Waals surface area contributed by atoms with Crippen molar-refractivity contribution in [2.75, 3.05) is 4.90 Å². The predicted molar refractivity (Wildman–Crippen MR) is 255 cm³/mol. The average Bonchev–Trinajstić information content (AvgIpc) is 4.03. The van der Waals surface area contributed by atoms with Gasteiger partial charge in [0, 0.05) is 50.1 Å². The molecule has 304 valence electrons. The molecule has 6 aromatic carbocycles. The van der Waals surface area contributed by atoms with E-state index in [-0.39, 0.29) is 18.3 Å². The van der Waals surface area contributed by atoms with Gasteiger partial charge in [0.25, 0.3) is 0 Å². The molecule has 1 aromatic heterocycles. The zero-order chi connectivity index (χ0) is 40.5. The van der Waals surface area contributed by atoms with E-state index in [4.69, 9.17) is 0 Å². The molecule has 6 unspecified atom stereocenters. The van der Waals surface area contributed by atoms with Crippen molar-refractivity contribution in [3.05, 3.63) is 143 Å². The second kappa shape index (κ2) is 9.52. The van der Waals surface area contributed by atoms with Crippen molar-refractivity contribution in [1.82, 2.24) is 4.48 Å². The third kappa shape index (κ3) is 2.99. The lowest BCUT2D eigenvalue weighted by molar-refractivity contribution is -0.395. The largest absolute Gasteiger partial charge is 0.375 e. The quantitative estimate of drug-likeness (QED) is 0.161. The first kappa shape index (κ1) is 32.6. The molecule has 2 spiro atoms. The molecule has 0 saturated heterocycles. The SMILES string of the molecule is CC1(C)c2ccccc2C2C1c1cccc3c1N2c1cc(-c2ccccc2)cc2c1B3n1c3ccc(C45CC6CC7CC(C4)C765)cc3c3cc(C45CC6CC7CC(C4)C76C5)cc-2c31. The molecule has 2 nitrogen and oxygen atoms in total. The predicted octanol–water partition coefficient (Wildman–Crippen LogP) is 12.4. The summed E-state index contributed by atoms with van der Waals surface area (Å²) in [6.45, 7) is 5.18. The van der Waals surface area contributed by atoms with Crippen LogP contribution < -0.4 is 15.8 Å². The van der Waals surface area contributed by atoms with Gasteiger partial charge in [0.15, 0.2) is 0 Å². The fourth-order valence-electron chi connectivity index (χ4n) is 21.3. The Hall–Kier alpha value is -5.02. The topological polar surface area (TPSA) is 8.17 Å². The highest BCUT2D eigenvalue weighted by atomic mass is 15.2. The first-order valence-corrected chi connectivity index (χ1v) is 25.2. The summed E-state index contributed by atoms with van der Waals surface area (Å²) < 4.78 is 2.91. The van der Waals surface area contributed by atoms with Gasteiger partial charge in [0.1, 0.15) is 0 Å². The maximum atomic E-state index is 2.91. The number of hydrogen-bond donors (Lipinski definition) is 0. The highest BCUT2D eigenvalue weighted by Crippen LogP contribution is 2.92. The van der Waals surface area contributed by atoms with E-state index in [1.165, 1.54) is 125 Å². The molecular weight excluding hydrogens is 759 g/mol. The van der Waals surface area contributed by atoms with Crippen LogP contribution in [-0.4, -0.2) is 11.3 Å². The Labute approximate surface area is 370 Å². The van der Waals surface area contributed by atoms with E-state index < -0.39 is 0 Å². The fraction of sp³-hybridized carbons (Fsp3) is 0.400. The summed E-state index contributed by atoms with van der Waals surface area (Å²) in [6.07, 6.45) is 13.3. The van der Waals surface area contributed by atoms with Crippen LogP contribution in [0.2, 0.25) is 0 Å². The Kier molecular flexibility index (Phi) is 4.93. The van der Waals surface area contributed by atoms with E-state index in [2.05, 4.69) is 138 Å². The maximum Gasteiger partial charge on any atom is 0.333 e. The third-order valence-corrected chi connectivity index (χ3v) is 23.2. The lowest BCUT2D eigenvalue weighted by Gasteiger charge is -2.91. The summed E-state index contributed by atoms with van der Waals surface area (Å²) >= 11 is 0. The van der Waals surface area contributed by atoms with Crippen molar-refractivity contribution >= 4 is 51.0 Å². The smallest absolute Gasteiger partial charge is 0.333 e. The molecule has 7 aromatic rings. The van der Waals surface area contributed by atoms with E-state index in [1.54, 1.807) is 27.5 Å². The molecule has 2 bridgehead atoms. The van der Waals surface area contributed by atoms with Gasteiger partial charge in [-0.25, -0.2) is 0 Å². The number of hydrogen-bond acceptors (Lipinski definition) is 1. The molecule has 0 radical (unpaired) electrons. The van der Waals surface area contributed by atoms with Gasteiger partial charge >= 0.3 is 6.85 Å². The van der Waals surface area contributed by atoms with Gasteiger partial charge in [0.2, 0.25) is 0 Å². The van der Waals surface area contributed by atoms with Crippen molar-refractivity contribution in [2.45, 2.75) is 99.8 Å². The van der Waals surface area contributed by atoms with Gasteiger partial charge in [0.05, 0.1) is 6.04 Å². The number of fused-ring (bicyclic) bond motifs is 13. The zero-order valence-electron chi connectivity index (χ0n) is 36.4. The molecule has 12 aliphatic rings. The van der Waals surface area contributed by atoms with Crippen LogP contribution in [0.15, 0.2) is 115 Å². The lowest BCUT2D eigenvalue weighted by atomic mass is 9.12. The molecule has 9 aliphatic carbocycles. The van der Waals surface area contributed by atoms with Crippen LogP contribution in [0.5, 0.6) is 0 Å². The number of rotatable bonds is 3. The van der Waals surface area contributed by atoms with Crippen LogP contribution in [0.3, 0.4) is 0 Å². The second-order valence-corrected chi connectivity index (χ2v) is 24.7. The van der Waals surface area contributed by atoms with E-state index in [9.17, 15) is 0 Å². The molecule has 6 atom stereocenters. The van der Waals surface area contributed by atoms with Gasteiger partial charge < -0.3 is 9.38 Å². The highest BCUT2D eigenvalue weighted by Gasteiger charge is 2.87. The van der Waals surface area contributed by atoms with Gasteiger partial charge in [-0.05, 0) is 207 Å². The average molecular weight is 811 g/mol. The Morgan fingerprint density at radius 1 is 0.603 bits per heavy atom. The van der Waals surface area contributed by atoms with E-state index in [1.807, 2.05) is 0 Å². The number of aromatic nitrogens is 1. The van der Waals surface area contributed by atoms with E-state index in [0.29, 0.717) is 27.6 Å². The molecule has 8 saturated carbocycles. The summed E-state index contributed by atoms with van der Waals surface area (Å²) in [5.74, 6) is 6.38. The summed E-state index contributed by atoms with van der Waals surface area (Å²) in [7, 11) is 0. The summed E-state index contributed by atoms with van der Waals surface area (Å²) in [5, 5.41) is 3.10. The van der Waals surface area contributed by atoms with Gasteiger partial charge in [-0.1, -0.05) is 92.7 Å². The fourth-order valence-corrected chi connectivity index (χ4v) is 21.3. The van der Waals surface area contributed by atoms with Gasteiger partial charge in [-0.15, -0.1) is 0 Å². The molecule has 3 aliphatic heterocycles. The highest BCUT2D eigenvalue weighted by molar-refractivity contribution is 6.90. The first-order valence-electron chi connectivity index (χ1n) is 25.2. The third-order valence-electron chi connectivity index (χ3n) is 23.2. The minimum Gasteiger partial charge on any atom is -0.375 e. The van der Waals surface area contributed by atoms with Crippen LogP contribution in [0.25, 0.3) is 44.1 Å². The Bertz CT molecular complexity index is 3380. The van der Waals surface area contributed by atoms with Crippen molar-refractivity contribution in [2.24, 2.45) is 46.3 Å². The molecule has 4 heterocycles. The zero-order valence-corrected chi connectivity index (χ0v) is 36.4. The number of benzene rings is 6. The second-order valence-electron chi connectivity index (χ2n) is 24.7. The minimum atomic E-state index is 0.0181. The Morgan fingerprint density at radius 2 is 1.37 bits per heavy atom. The van der Waals surface area contributed by atoms with Crippen molar-refractivity contribution < 1.29 is 0 Å². The standard InChI is InChI=1S/C60H51BN2/c1-56(2)47-13-7-6-11-41(47)55-51(56)42-12-8-14-48-54(42)62(55)50-18-32(31-9-4-3-5-10-31)17-44-46-25-34(57-26-37-19-35-20-38(27-57)59(35,37)30-57)24-45-43-23-33(15-16-49(43)63(53(45)46)61(48)52(44)50)58-28-39-21-36-22-40(29-58)60(36,39)58/h3-18,23-25,35-40,51,55H,19-22,26-30H2,1-2H3. The van der Waals surface area contributed by atoms with Crippen LogP contribution >= 0.6 is 0 Å². The van der Waals surface area contributed by atoms with Gasteiger partial charge in [-0.2, -0.15) is 0 Å². The van der Waals surface area contributed by atoms with Crippen LogP contribution in [0, 0.1) is 46.3 Å². The minimum absolute atomic E-state index is 0.0181. The van der Waals surface area contributed by atoms with E-state index >= 15 is 0 Å². The molecule has 0 amide bonds. The monoisotopic (exact) mass is 810 g/mol. The molecule has 63 heavy (non-hydrogen) atoms. The Balaban J connectivity index is 0.933. The maximum absolute atomic E-state index is 2.91. The first-order chi connectivity index (χ1) is 30.8. The van der Waals surface area contributed by atoms with Crippen molar-refractivity contribution in [3.63, 3.8) is 0 Å².